The Bertz CT molecular complexity index is 301. The van der Waals surface area contributed by atoms with Crippen LogP contribution in [-0.4, -0.2) is 24.7 Å². The highest BCUT2D eigenvalue weighted by molar-refractivity contribution is 7.94. The fourth-order valence-electron chi connectivity index (χ4n) is 0.893. The van der Waals surface area contributed by atoms with E-state index >= 15 is 0 Å². The van der Waals surface area contributed by atoms with E-state index in [4.69, 9.17) is 11.6 Å². The Morgan fingerprint density at radius 1 is 1.50 bits per heavy atom. The van der Waals surface area contributed by atoms with Gasteiger partial charge in [-0.05, 0) is 19.8 Å². The van der Waals surface area contributed by atoms with Gasteiger partial charge in [-0.15, -0.1) is 0 Å². The van der Waals surface area contributed by atoms with Crippen molar-refractivity contribution in [2.45, 2.75) is 24.0 Å². The quantitative estimate of drug-likeness (QED) is 0.653. The first-order valence-electron chi connectivity index (χ1n) is 3.69. The van der Waals surface area contributed by atoms with Crippen LogP contribution in [0.15, 0.2) is 0 Å². The number of carbonyl (C=O) groups is 1. The molecule has 12 heavy (non-hydrogen) atoms. The summed E-state index contributed by atoms with van der Waals surface area (Å²) in [5, 5.41) is 0. The molecule has 3 nitrogen and oxygen atoms in total. The molecule has 0 spiro atoms. The highest BCUT2D eigenvalue weighted by atomic mass is 35.5. The van der Waals surface area contributed by atoms with Crippen LogP contribution in [0.5, 0.6) is 0 Å². The molecule has 0 aromatic carbocycles. The molecular formula is C7H11ClO3S. The second kappa shape index (κ2) is 2.70. The zero-order valence-electron chi connectivity index (χ0n) is 7.00. The maximum absolute atomic E-state index is 11.4. The molecule has 0 radical (unpaired) electrons. The van der Waals surface area contributed by atoms with E-state index < -0.39 is 14.0 Å². The van der Waals surface area contributed by atoms with E-state index in [9.17, 15) is 13.2 Å². The molecule has 0 aromatic rings. The monoisotopic (exact) mass is 210 g/mol. The molecule has 0 aliphatic heterocycles. The molecule has 0 aromatic heterocycles. The van der Waals surface area contributed by atoms with E-state index in [0.29, 0.717) is 0 Å². The van der Waals surface area contributed by atoms with E-state index in [-0.39, 0.29) is 11.7 Å². The molecule has 1 aliphatic rings. The van der Waals surface area contributed by atoms with Crippen molar-refractivity contribution in [3.05, 3.63) is 0 Å². The van der Waals surface area contributed by atoms with Crippen molar-refractivity contribution >= 4 is 27.2 Å². The molecule has 1 fully saturated rings. The summed E-state index contributed by atoms with van der Waals surface area (Å²) in [5.41, 5.74) is 0. The number of alkyl halides is 1. The highest BCUT2D eigenvalue weighted by Gasteiger charge is 2.47. The van der Waals surface area contributed by atoms with Crippen molar-refractivity contribution in [2.75, 3.05) is 6.26 Å². The van der Waals surface area contributed by atoms with Gasteiger partial charge >= 0.3 is 0 Å². The SMILES string of the molecule is CC(Cl)(C(=O)C1CC1)S(C)(=O)=O. The summed E-state index contributed by atoms with van der Waals surface area (Å²) in [4.78, 5) is 11.4. The smallest absolute Gasteiger partial charge is 0.200 e. The molecule has 0 heterocycles. The van der Waals surface area contributed by atoms with Gasteiger partial charge in [0.25, 0.3) is 0 Å². The minimum atomic E-state index is -3.49. The van der Waals surface area contributed by atoms with Crippen molar-refractivity contribution in [3.63, 3.8) is 0 Å². The molecule has 0 saturated heterocycles. The molecule has 70 valence electrons. The Morgan fingerprint density at radius 3 is 2.17 bits per heavy atom. The summed E-state index contributed by atoms with van der Waals surface area (Å²) in [6.45, 7) is 1.25. The van der Waals surface area contributed by atoms with Crippen LogP contribution in [0.3, 0.4) is 0 Å². The summed E-state index contributed by atoms with van der Waals surface area (Å²) in [5.74, 6) is -0.478. The van der Waals surface area contributed by atoms with E-state index in [1.807, 2.05) is 0 Å². The van der Waals surface area contributed by atoms with E-state index in [1.165, 1.54) is 6.92 Å². The van der Waals surface area contributed by atoms with Gasteiger partial charge in [-0.2, -0.15) is 0 Å². The average molecular weight is 211 g/mol. The van der Waals surface area contributed by atoms with Crippen LogP contribution < -0.4 is 0 Å². The third-order valence-electron chi connectivity index (χ3n) is 2.08. The Kier molecular flexibility index (Phi) is 2.25. The van der Waals surface area contributed by atoms with E-state index in [1.54, 1.807) is 0 Å². The first kappa shape index (κ1) is 9.99. The molecule has 0 N–H and O–H groups in total. The summed E-state index contributed by atoms with van der Waals surface area (Å²) in [7, 11) is -3.49. The molecule has 1 aliphatic carbocycles. The summed E-state index contributed by atoms with van der Waals surface area (Å²) in [6.07, 6.45) is 2.54. The number of sulfone groups is 1. The minimum absolute atomic E-state index is 0.123. The molecular weight excluding hydrogens is 200 g/mol. The van der Waals surface area contributed by atoms with Crippen LogP contribution in [0.1, 0.15) is 19.8 Å². The number of hydrogen-bond acceptors (Lipinski definition) is 3. The van der Waals surface area contributed by atoms with Crippen molar-refractivity contribution in [1.82, 2.24) is 0 Å². The van der Waals surface area contributed by atoms with Crippen molar-refractivity contribution in [1.29, 1.82) is 0 Å². The topological polar surface area (TPSA) is 51.2 Å². The fourth-order valence-corrected chi connectivity index (χ4v) is 1.58. The number of Topliss-reactive ketones (excluding diaryl/α,β-unsaturated/α-hetero) is 1. The summed E-state index contributed by atoms with van der Waals surface area (Å²) >= 11 is 5.66. The van der Waals surface area contributed by atoms with Gasteiger partial charge in [-0.25, -0.2) is 8.42 Å². The van der Waals surface area contributed by atoms with Gasteiger partial charge in [0, 0.05) is 12.2 Å². The van der Waals surface area contributed by atoms with Gasteiger partial charge in [-0.1, -0.05) is 11.6 Å². The highest BCUT2D eigenvalue weighted by Crippen LogP contribution is 2.38. The zero-order valence-corrected chi connectivity index (χ0v) is 8.57. The summed E-state index contributed by atoms with van der Waals surface area (Å²) in [6, 6.07) is 0. The molecule has 0 bridgehead atoms. The number of carbonyl (C=O) groups excluding carboxylic acids is 1. The number of rotatable bonds is 3. The molecule has 1 rings (SSSR count). The predicted molar refractivity (Wildman–Crippen MR) is 46.8 cm³/mol. The van der Waals surface area contributed by atoms with Crippen molar-refractivity contribution < 1.29 is 13.2 Å². The molecule has 5 heteroatoms. The average Bonchev–Trinajstić information content (AvgIpc) is 2.64. The van der Waals surface area contributed by atoms with Gasteiger partial charge in [0.05, 0.1) is 0 Å². The normalized spacial score (nSPS) is 23.2. The van der Waals surface area contributed by atoms with Gasteiger partial charge in [0.1, 0.15) is 0 Å². The van der Waals surface area contributed by atoms with Crippen LogP contribution in [0.4, 0.5) is 0 Å². The number of halogens is 1. The zero-order chi connectivity index (χ0) is 9.57. The Morgan fingerprint density at radius 2 is 1.92 bits per heavy atom. The predicted octanol–water partition coefficient (Wildman–Crippen LogP) is 0.965. The lowest BCUT2D eigenvalue weighted by atomic mass is 10.2. The Balaban J connectivity index is 2.91. The lowest BCUT2D eigenvalue weighted by Gasteiger charge is -2.17. The second-order valence-corrected chi connectivity index (χ2v) is 6.67. The number of ketones is 1. The summed E-state index contributed by atoms with van der Waals surface area (Å²) < 4.78 is 20.4. The van der Waals surface area contributed by atoms with Crippen LogP contribution >= 0.6 is 11.6 Å². The molecule has 1 saturated carbocycles. The fraction of sp³-hybridized carbons (Fsp3) is 0.857. The first-order chi connectivity index (χ1) is 5.27. The number of hydrogen-bond donors (Lipinski definition) is 0. The van der Waals surface area contributed by atoms with E-state index in [2.05, 4.69) is 0 Å². The Hall–Kier alpha value is -0.0900. The molecule has 1 unspecified atom stereocenters. The van der Waals surface area contributed by atoms with Crippen LogP contribution in [-0.2, 0) is 14.6 Å². The van der Waals surface area contributed by atoms with Gasteiger partial charge in [-0.3, -0.25) is 4.79 Å². The maximum atomic E-state index is 11.4. The van der Waals surface area contributed by atoms with Crippen molar-refractivity contribution in [3.8, 4) is 0 Å². The molecule has 0 amide bonds. The third kappa shape index (κ3) is 1.64. The van der Waals surface area contributed by atoms with Gasteiger partial charge in [0.2, 0.25) is 0 Å². The standard InChI is InChI=1S/C7H11ClO3S/c1-7(8,12(2,10)11)6(9)5-3-4-5/h5H,3-4H2,1-2H3. The Labute approximate surface area is 77.0 Å². The minimum Gasteiger partial charge on any atom is -0.296 e. The first-order valence-corrected chi connectivity index (χ1v) is 5.96. The van der Waals surface area contributed by atoms with Crippen LogP contribution in [0, 0.1) is 5.92 Å². The largest absolute Gasteiger partial charge is 0.296 e. The van der Waals surface area contributed by atoms with Gasteiger partial charge < -0.3 is 0 Å². The van der Waals surface area contributed by atoms with E-state index in [0.717, 1.165) is 19.1 Å². The van der Waals surface area contributed by atoms with Crippen molar-refractivity contribution in [2.24, 2.45) is 5.92 Å². The van der Waals surface area contributed by atoms with Crippen LogP contribution in [0.25, 0.3) is 0 Å². The third-order valence-corrected chi connectivity index (χ3v) is 4.71. The maximum Gasteiger partial charge on any atom is 0.200 e. The van der Waals surface area contributed by atoms with Crippen LogP contribution in [0.2, 0.25) is 0 Å². The van der Waals surface area contributed by atoms with Gasteiger partial charge in [0.15, 0.2) is 19.8 Å². The lowest BCUT2D eigenvalue weighted by molar-refractivity contribution is -0.120. The molecule has 1 atom stereocenters. The lowest BCUT2D eigenvalue weighted by Crippen LogP contribution is -2.38. The second-order valence-electron chi connectivity index (χ2n) is 3.33.